The minimum Gasteiger partial charge on any atom is -0.394 e. The summed E-state index contributed by atoms with van der Waals surface area (Å²) >= 11 is 0. The van der Waals surface area contributed by atoms with Crippen LogP contribution in [-0.2, 0) is 23.7 Å². The molecule has 19 nitrogen and oxygen atoms in total. The molecule has 0 radical (unpaired) electrons. The smallest absolute Gasteiger partial charge is 0.187 e. The molecule has 4 aliphatic rings. The Balaban J connectivity index is 1.42. The number of hydrogen-bond acceptors (Lipinski definition) is 19. The Morgan fingerprint density at radius 3 is 1.73 bits per heavy atom. The highest BCUT2D eigenvalue weighted by molar-refractivity contribution is 5.22. The maximum absolute atomic E-state index is 10.9. The van der Waals surface area contributed by atoms with Crippen molar-refractivity contribution < 1.29 is 90.1 Å². The third kappa shape index (κ3) is 6.96. The van der Waals surface area contributed by atoms with Crippen molar-refractivity contribution in [3.05, 3.63) is 11.6 Å². The monoisotopic (exact) mass is 645 g/mol. The van der Waals surface area contributed by atoms with Crippen LogP contribution < -0.4 is 5.32 Å². The Kier molecular flexibility index (Phi) is 12.1. The van der Waals surface area contributed by atoms with Crippen LogP contribution in [0.5, 0.6) is 0 Å². The van der Waals surface area contributed by atoms with Crippen molar-refractivity contribution in [2.75, 3.05) is 19.8 Å². The van der Waals surface area contributed by atoms with Crippen molar-refractivity contribution in [3.8, 4) is 0 Å². The summed E-state index contributed by atoms with van der Waals surface area (Å²) in [5.74, 6) is 0. The van der Waals surface area contributed by atoms with Crippen LogP contribution >= 0.6 is 0 Å². The Labute approximate surface area is 250 Å². The highest BCUT2D eigenvalue weighted by Gasteiger charge is 2.53. The maximum Gasteiger partial charge on any atom is 0.187 e. The quantitative estimate of drug-likeness (QED) is 0.103. The number of hydrogen-bond donors (Lipinski definition) is 14. The predicted octanol–water partition coefficient (Wildman–Crippen LogP) is -8.56. The summed E-state index contributed by atoms with van der Waals surface area (Å²) in [6.07, 6.45) is -26.6. The summed E-state index contributed by atoms with van der Waals surface area (Å²) in [4.78, 5) is 0. The summed E-state index contributed by atoms with van der Waals surface area (Å²) in [6, 6.07) is -2.17. The molecule has 3 aliphatic heterocycles. The Morgan fingerprint density at radius 1 is 0.636 bits per heavy atom. The van der Waals surface area contributed by atoms with Crippen molar-refractivity contribution in [1.82, 2.24) is 5.32 Å². The van der Waals surface area contributed by atoms with E-state index in [2.05, 4.69) is 5.32 Å². The first-order chi connectivity index (χ1) is 20.7. The third-order valence-electron chi connectivity index (χ3n) is 8.48. The second kappa shape index (κ2) is 14.8. The van der Waals surface area contributed by atoms with Crippen molar-refractivity contribution in [3.63, 3.8) is 0 Å². The lowest BCUT2D eigenvalue weighted by atomic mass is 9.86. The number of nitrogens with one attached hydrogen (secondary N) is 1. The van der Waals surface area contributed by atoms with Crippen LogP contribution in [0.3, 0.4) is 0 Å². The van der Waals surface area contributed by atoms with Crippen LogP contribution in [0.15, 0.2) is 11.6 Å². The minimum absolute atomic E-state index is 0.0225. The molecular weight excluding hydrogens is 602 g/mol. The molecule has 0 saturated carbocycles. The molecule has 4 rings (SSSR count). The average Bonchev–Trinajstić information content (AvgIpc) is 3.00. The average molecular weight is 646 g/mol. The number of ether oxygens (including phenoxy) is 5. The molecule has 0 amide bonds. The highest BCUT2D eigenvalue weighted by Crippen LogP contribution is 2.32. The van der Waals surface area contributed by atoms with Gasteiger partial charge in [0.1, 0.15) is 79.4 Å². The largest absolute Gasteiger partial charge is 0.394 e. The van der Waals surface area contributed by atoms with E-state index >= 15 is 0 Å². The van der Waals surface area contributed by atoms with E-state index in [-0.39, 0.29) is 5.57 Å². The molecule has 0 bridgehead atoms. The van der Waals surface area contributed by atoms with Gasteiger partial charge in [-0.1, -0.05) is 6.08 Å². The molecule has 19 heteroatoms. The van der Waals surface area contributed by atoms with Gasteiger partial charge in [-0.05, 0) is 12.5 Å². The van der Waals surface area contributed by atoms with Crippen LogP contribution in [0, 0.1) is 0 Å². The molecule has 3 fully saturated rings. The molecule has 44 heavy (non-hydrogen) atoms. The van der Waals surface area contributed by atoms with Gasteiger partial charge in [0.15, 0.2) is 18.9 Å². The van der Waals surface area contributed by atoms with Gasteiger partial charge >= 0.3 is 0 Å². The van der Waals surface area contributed by atoms with E-state index in [1.165, 1.54) is 13.0 Å². The molecular formula is C25H43NO18. The van der Waals surface area contributed by atoms with Crippen molar-refractivity contribution in [2.45, 2.75) is 123 Å². The van der Waals surface area contributed by atoms with Gasteiger partial charge < -0.3 is 95.4 Å². The molecule has 0 aromatic carbocycles. The Bertz CT molecular complexity index is 958. The normalized spacial score (nSPS) is 52.0. The van der Waals surface area contributed by atoms with Crippen molar-refractivity contribution >= 4 is 0 Å². The van der Waals surface area contributed by atoms with Crippen molar-refractivity contribution in [1.29, 1.82) is 0 Å². The fourth-order valence-corrected chi connectivity index (χ4v) is 5.81. The van der Waals surface area contributed by atoms with E-state index < -0.39 is 136 Å². The zero-order valence-corrected chi connectivity index (χ0v) is 23.5. The fraction of sp³-hybridized carbons (Fsp3) is 0.920. The minimum atomic E-state index is -1.93. The summed E-state index contributed by atoms with van der Waals surface area (Å²) in [6.45, 7) is -0.753. The predicted molar refractivity (Wildman–Crippen MR) is 138 cm³/mol. The molecule has 16 unspecified atom stereocenters. The van der Waals surface area contributed by atoms with Gasteiger partial charge in [-0.3, -0.25) is 0 Å². The lowest BCUT2D eigenvalue weighted by Crippen LogP contribution is -2.68. The SMILES string of the molecule is CC1OC(OC2C(CO)OC(OC3C(CO)OC(O)C(O)C3O)C(O)C2O)C(O)C(O)C1N[C@@H]1C=C(CO)[C@@H](O)C(O)[C@H]1O. The van der Waals surface area contributed by atoms with Crippen LogP contribution in [0.2, 0.25) is 0 Å². The Morgan fingerprint density at radius 2 is 1.16 bits per heavy atom. The summed E-state index contributed by atoms with van der Waals surface area (Å²) in [7, 11) is 0. The van der Waals surface area contributed by atoms with E-state index in [0.29, 0.717) is 0 Å². The molecule has 0 aromatic heterocycles. The molecule has 19 atom stereocenters. The van der Waals surface area contributed by atoms with E-state index in [1.54, 1.807) is 0 Å². The molecule has 3 heterocycles. The number of aliphatic hydroxyl groups excluding tert-OH is 13. The van der Waals surface area contributed by atoms with Crippen molar-refractivity contribution in [2.24, 2.45) is 0 Å². The molecule has 1 aliphatic carbocycles. The first-order valence-electron chi connectivity index (χ1n) is 14.1. The van der Waals surface area contributed by atoms with Crippen LogP contribution in [-0.4, -0.2) is 203 Å². The van der Waals surface area contributed by atoms with Gasteiger partial charge in [0.2, 0.25) is 0 Å². The lowest BCUT2D eigenvalue weighted by molar-refractivity contribution is -0.373. The van der Waals surface area contributed by atoms with Gasteiger partial charge in [-0.25, -0.2) is 0 Å². The highest BCUT2D eigenvalue weighted by atomic mass is 16.7. The molecule has 0 spiro atoms. The summed E-state index contributed by atoms with van der Waals surface area (Å²) in [5, 5.41) is 136. The van der Waals surface area contributed by atoms with E-state index in [0.717, 1.165) is 0 Å². The van der Waals surface area contributed by atoms with Crippen LogP contribution in [0.25, 0.3) is 0 Å². The van der Waals surface area contributed by atoms with Gasteiger partial charge in [-0.2, -0.15) is 0 Å². The summed E-state index contributed by atoms with van der Waals surface area (Å²) < 4.78 is 27.4. The standard InChI is InChI=1S/C25H43NO18/c1-6-11(26-8-2-7(3-27)12(30)15(33)13(8)31)14(32)19(37)24(40-6)43-22-10(5-29)42-25(20(38)17(22)35)44-21-9(4-28)41-23(39)18(36)16(21)34/h2,6,8-39H,3-5H2,1H3/t6?,8-,9?,10?,11?,12-,13+,14?,15?,16?,17?,18?,19?,20?,21?,22?,23?,24?,25?/m1/s1. The van der Waals surface area contributed by atoms with Gasteiger partial charge in [0.05, 0.1) is 38.0 Å². The molecule has 3 saturated heterocycles. The van der Waals surface area contributed by atoms with Gasteiger partial charge in [0, 0.05) is 0 Å². The van der Waals surface area contributed by atoms with Gasteiger partial charge in [0.25, 0.3) is 0 Å². The number of aliphatic hydroxyl groups is 13. The molecule has 14 N–H and O–H groups in total. The zero-order valence-electron chi connectivity index (χ0n) is 23.5. The van der Waals surface area contributed by atoms with Crippen LogP contribution in [0.4, 0.5) is 0 Å². The first-order valence-corrected chi connectivity index (χ1v) is 14.1. The van der Waals surface area contributed by atoms with Gasteiger partial charge in [-0.15, -0.1) is 0 Å². The van der Waals surface area contributed by atoms with E-state index in [4.69, 9.17) is 23.7 Å². The second-order valence-corrected chi connectivity index (χ2v) is 11.4. The first kappa shape index (κ1) is 35.8. The second-order valence-electron chi connectivity index (χ2n) is 11.4. The lowest BCUT2D eigenvalue weighted by Gasteiger charge is -2.48. The maximum atomic E-state index is 10.9. The zero-order chi connectivity index (χ0) is 32.6. The fourth-order valence-electron chi connectivity index (χ4n) is 5.81. The Hall–Kier alpha value is -1.02. The topological polar surface area (TPSA) is 321 Å². The third-order valence-corrected chi connectivity index (χ3v) is 8.48. The van der Waals surface area contributed by atoms with E-state index in [9.17, 15) is 66.4 Å². The molecule has 256 valence electrons. The molecule has 0 aromatic rings. The number of rotatable bonds is 9. The van der Waals surface area contributed by atoms with Crippen LogP contribution in [0.1, 0.15) is 6.92 Å². The summed E-state index contributed by atoms with van der Waals surface area (Å²) in [5.41, 5.74) is 0.0225. The van der Waals surface area contributed by atoms with E-state index in [1.807, 2.05) is 0 Å².